The van der Waals surface area contributed by atoms with Gasteiger partial charge in [-0.15, -0.1) is 0 Å². The molecular formula is C15H12I2O3. The van der Waals surface area contributed by atoms with Crippen molar-refractivity contribution in [3.8, 4) is 17.2 Å². The Morgan fingerprint density at radius 3 is 2.25 bits per heavy atom. The second-order valence-corrected chi connectivity index (χ2v) is 6.35. The molecule has 0 aliphatic heterocycles. The monoisotopic (exact) mass is 494 g/mol. The second-order valence-electron chi connectivity index (χ2n) is 4.11. The molecule has 2 rings (SSSR count). The molecule has 0 radical (unpaired) electrons. The number of halogens is 2. The Labute approximate surface area is 144 Å². The van der Waals surface area contributed by atoms with Crippen LogP contribution >= 0.6 is 45.2 Å². The smallest absolute Gasteiger partial charge is 0.154 e. The van der Waals surface area contributed by atoms with Gasteiger partial charge in [0, 0.05) is 5.56 Å². The molecule has 0 aliphatic carbocycles. The number of methoxy groups -OCH3 is 1. The molecular weight excluding hydrogens is 482 g/mol. The number of carbonyl (C=O) groups excluding carboxylic acids is 1. The predicted octanol–water partition coefficient (Wildman–Crippen LogP) is 4.82. The molecule has 0 saturated heterocycles. The molecule has 0 atom stereocenters. The van der Waals surface area contributed by atoms with Crippen LogP contribution in [-0.4, -0.2) is 13.4 Å². The summed E-state index contributed by atoms with van der Waals surface area (Å²) >= 11 is 4.39. The van der Waals surface area contributed by atoms with Crippen LogP contribution in [0.3, 0.4) is 0 Å². The fourth-order valence-electron chi connectivity index (χ4n) is 1.69. The molecule has 0 bridgehead atoms. The van der Waals surface area contributed by atoms with E-state index in [9.17, 15) is 4.79 Å². The van der Waals surface area contributed by atoms with Crippen LogP contribution in [0.5, 0.6) is 17.2 Å². The second kappa shape index (κ2) is 6.75. The van der Waals surface area contributed by atoms with Gasteiger partial charge in [-0.1, -0.05) is 0 Å². The van der Waals surface area contributed by atoms with E-state index in [-0.39, 0.29) is 0 Å². The lowest BCUT2D eigenvalue weighted by molar-refractivity contribution is 0.112. The maximum absolute atomic E-state index is 11.0. The van der Waals surface area contributed by atoms with Gasteiger partial charge in [-0.3, -0.25) is 4.79 Å². The van der Waals surface area contributed by atoms with Gasteiger partial charge in [0.25, 0.3) is 0 Å². The van der Waals surface area contributed by atoms with E-state index in [0.717, 1.165) is 36.2 Å². The van der Waals surface area contributed by atoms with E-state index in [1.54, 1.807) is 7.11 Å². The molecule has 0 aliphatic rings. The third kappa shape index (κ3) is 3.25. The average Bonchev–Trinajstić information content (AvgIpc) is 2.48. The summed E-state index contributed by atoms with van der Waals surface area (Å²) in [4.78, 5) is 11.0. The molecule has 0 amide bonds. The first-order chi connectivity index (χ1) is 9.56. The van der Waals surface area contributed by atoms with Crippen LogP contribution in [0.4, 0.5) is 0 Å². The van der Waals surface area contributed by atoms with Crippen LogP contribution in [0.1, 0.15) is 15.9 Å². The van der Waals surface area contributed by atoms with E-state index >= 15 is 0 Å². The Balaban J connectivity index is 2.37. The SMILES string of the molecule is COc1ccc(Oc2c(I)cc(C=O)c(C)c2I)cc1. The quantitative estimate of drug-likeness (QED) is 0.452. The molecule has 0 heterocycles. The van der Waals surface area contributed by atoms with Crippen LogP contribution < -0.4 is 9.47 Å². The molecule has 0 unspecified atom stereocenters. The van der Waals surface area contributed by atoms with Gasteiger partial charge < -0.3 is 9.47 Å². The Morgan fingerprint density at radius 2 is 1.70 bits per heavy atom. The van der Waals surface area contributed by atoms with Crippen LogP contribution in [-0.2, 0) is 0 Å². The van der Waals surface area contributed by atoms with Gasteiger partial charge >= 0.3 is 0 Å². The minimum absolute atomic E-state index is 0.695. The molecule has 0 saturated carbocycles. The Hall–Kier alpha value is -0.830. The molecule has 2 aromatic carbocycles. The van der Waals surface area contributed by atoms with Gasteiger partial charge in [0.05, 0.1) is 14.3 Å². The Bertz CT molecular complexity index is 637. The highest BCUT2D eigenvalue weighted by molar-refractivity contribution is 14.1. The first kappa shape index (κ1) is 15.6. The maximum atomic E-state index is 11.0. The fourth-order valence-corrected chi connectivity index (χ4v) is 3.63. The molecule has 20 heavy (non-hydrogen) atoms. The summed E-state index contributed by atoms with van der Waals surface area (Å²) in [5, 5.41) is 0. The van der Waals surface area contributed by atoms with Crippen LogP contribution in [0.25, 0.3) is 0 Å². The highest BCUT2D eigenvalue weighted by Crippen LogP contribution is 2.35. The lowest BCUT2D eigenvalue weighted by Gasteiger charge is -2.13. The highest BCUT2D eigenvalue weighted by atomic mass is 127. The van der Waals surface area contributed by atoms with Gasteiger partial charge in [-0.2, -0.15) is 0 Å². The zero-order valence-electron chi connectivity index (χ0n) is 10.9. The van der Waals surface area contributed by atoms with E-state index in [0.29, 0.717) is 5.56 Å². The van der Waals surface area contributed by atoms with Gasteiger partial charge in [0.15, 0.2) is 5.75 Å². The molecule has 104 valence electrons. The van der Waals surface area contributed by atoms with Crippen molar-refractivity contribution in [2.24, 2.45) is 0 Å². The maximum Gasteiger partial charge on any atom is 0.154 e. The van der Waals surface area contributed by atoms with Gasteiger partial charge in [-0.25, -0.2) is 0 Å². The summed E-state index contributed by atoms with van der Waals surface area (Å²) in [6, 6.07) is 9.25. The lowest BCUT2D eigenvalue weighted by Crippen LogP contribution is -1.98. The molecule has 0 N–H and O–H groups in total. The molecule has 0 aromatic heterocycles. The van der Waals surface area contributed by atoms with Gasteiger partial charge in [0.1, 0.15) is 17.8 Å². The minimum Gasteiger partial charge on any atom is -0.497 e. The number of carbonyl (C=O) groups is 1. The standard InChI is InChI=1S/C15H12I2O3/c1-9-10(8-18)7-13(16)15(14(9)17)20-12-5-3-11(19-2)4-6-12/h3-8H,1-2H3. The summed E-state index contributed by atoms with van der Waals surface area (Å²) in [6.45, 7) is 1.92. The minimum atomic E-state index is 0.695. The number of aldehydes is 1. The molecule has 0 spiro atoms. The first-order valence-electron chi connectivity index (χ1n) is 5.82. The van der Waals surface area contributed by atoms with Gasteiger partial charge in [-0.05, 0) is 88.0 Å². The largest absolute Gasteiger partial charge is 0.497 e. The third-order valence-corrected chi connectivity index (χ3v) is 4.97. The predicted molar refractivity (Wildman–Crippen MR) is 95.1 cm³/mol. The van der Waals surface area contributed by atoms with Crippen molar-refractivity contribution in [3.63, 3.8) is 0 Å². The molecule has 3 nitrogen and oxygen atoms in total. The molecule has 5 heteroatoms. The Kier molecular flexibility index (Phi) is 5.25. The van der Waals surface area contributed by atoms with Crippen LogP contribution in [0.2, 0.25) is 0 Å². The topological polar surface area (TPSA) is 35.5 Å². The third-order valence-electron chi connectivity index (χ3n) is 2.87. The summed E-state index contributed by atoms with van der Waals surface area (Å²) < 4.78 is 12.9. The Morgan fingerprint density at radius 1 is 1.10 bits per heavy atom. The summed E-state index contributed by atoms with van der Waals surface area (Å²) in [7, 11) is 1.63. The van der Waals surface area contributed by atoms with Crippen molar-refractivity contribution < 1.29 is 14.3 Å². The number of benzene rings is 2. The molecule has 2 aromatic rings. The number of rotatable bonds is 4. The number of ether oxygens (including phenoxy) is 2. The zero-order valence-corrected chi connectivity index (χ0v) is 15.3. The van der Waals surface area contributed by atoms with Crippen molar-refractivity contribution in [1.82, 2.24) is 0 Å². The van der Waals surface area contributed by atoms with E-state index in [4.69, 9.17) is 9.47 Å². The van der Waals surface area contributed by atoms with Crippen LogP contribution in [0.15, 0.2) is 30.3 Å². The van der Waals surface area contributed by atoms with E-state index in [1.165, 1.54) is 0 Å². The van der Waals surface area contributed by atoms with Crippen LogP contribution in [0, 0.1) is 14.1 Å². The fraction of sp³-hybridized carbons (Fsp3) is 0.133. The summed E-state index contributed by atoms with van der Waals surface area (Å²) in [6.07, 6.45) is 0.872. The normalized spacial score (nSPS) is 10.2. The van der Waals surface area contributed by atoms with E-state index in [2.05, 4.69) is 45.2 Å². The summed E-state index contributed by atoms with van der Waals surface area (Å²) in [5.41, 5.74) is 1.63. The van der Waals surface area contributed by atoms with Crippen molar-refractivity contribution in [3.05, 3.63) is 48.6 Å². The van der Waals surface area contributed by atoms with Crippen molar-refractivity contribution >= 4 is 51.5 Å². The average molecular weight is 494 g/mol. The lowest BCUT2D eigenvalue weighted by atomic mass is 10.1. The first-order valence-corrected chi connectivity index (χ1v) is 7.98. The van der Waals surface area contributed by atoms with Crippen molar-refractivity contribution in [2.75, 3.05) is 7.11 Å². The van der Waals surface area contributed by atoms with Crippen molar-refractivity contribution in [2.45, 2.75) is 6.92 Å². The van der Waals surface area contributed by atoms with Gasteiger partial charge in [0.2, 0.25) is 0 Å². The summed E-state index contributed by atoms with van der Waals surface area (Å²) in [5.74, 6) is 2.30. The molecule has 0 fully saturated rings. The number of hydrogen-bond acceptors (Lipinski definition) is 3. The zero-order chi connectivity index (χ0) is 14.7. The highest BCUT2D eigenvalue weighted by Gasteiger charge is 2.14. The van der Waals surface area contributed by atoms with Crippen molar-refractivity contribution in [1.29, 1.82) is 0 Å². The van der Waals surface area contributed by atoms with E-state index < -0.39 is 0 Å². The van der Waals surface area contributed by atoms with E-state index in [1.807, 2.05) is 37.3 Å². The number of hydrogen-bond donors (Lipinski definition) is 0.